The molecule has 0 saturated carbocycles. The van der Waals surface area contributed by atoms with Crippen LogP contribution in [0.1, 0.15) is 11.1 Å². The Labute approximate surface area is 77.7 Å². The predicted octanol–water partition coefficient (Wildman–Crippen LogP) is 2.69. The summed E-state index contributed by atoms with van der Waals surface area (Å²) in [6.07, 6.45) is -2.05. The number of hydrogen-bond donors (Lipinski definition) is 1. The molecule has 1 N–H and O–H groups in total. The fourth-order valence-electron chi connectivity index (χ4n) is 1.43. The lowest BCUT2D eigenvalue weighted by atomic mass is 10.0. The number of rotatable bonds is 0. The molecule has 0 unspecified atom stereocenters. The molecule has 0 bridgehead atoms. The van der Waals surface area contributed by atoms with Crippen LogP contribution in [0.2, 0.25) is 0 Å². The van der Waals surface area contributed by atoms with Crippen LogP contribution in [0, 0.1) is 13.1 Å². The Morgan fingerprint density at radius 2 is 2.07 bits per heavy atom. The van der Waals surface area contributed by atoms with Crippen LogP contribution in [-0.4, -0.2) is 10.2 Å². The van der Waals surface area contributed by atoms with Gasteiger partial charge in [0.25, 0.3) is 0 Å². The fraction of sp³-hybridized carbons (Fsp3) is 0.222. The Bertz CT molecular complexity index is 470. The van der Waals surface area contributed by atoms with Crippen LogP contribution >= 0.6 is 0 Å². The topological polar surface area (TPSA) is 28.7 Å². The minimum absolute atomic E-state index is 0.00231. The monoisotopic (exact) mass is 199 g/mol. The van der Waals surface area contributed by atoms with Crippen LogP contribution in [0.15, 0.2) is 12.1 Å². The van der Waals surface area contributed by atoms with E-state index in [2.05, 4.69) is 16.4 Å². The Balaban J connectivity index is 2.83. The van der Waals surface area contributed by atoms with Crippen molar-refractivity contribution < 1.29 is 13.2 Å². The third-order valence-electron chi connectivity index (χ3n) is 2.04. The highest BCUT2D eigenvalue weighted by Crippen LogP contribution is 2.36. The van der Waals surface area contributed by atoms with Crippen LogP contribution in [0.5, 0.6) is 0 Å². The van der Waals surface area contributed by atoms with Crippen molar-refractivity contribution in [2.45, 2.75) is 13.1 Å². The van der Waals surface area contributed by atoms with E-state index >= 15 is 0 Å². The second-order valence-electron chi connectivity index (χ2n) is 3.01. The van der Waals surface area contributed by atoms with Crippen molar-refractivity contribution in [3.8, 4) is 0 Å². The van der Waals surface area contributed by atoms with Crippen molar-refractivity contribution in [2.75, 3.05) is 0 Å². The number of fused-ring (bicyclic) bond motifs is 1. The van der Waals surface area contributed by atoms with Gasteiger partial charge in [-0.05, 0) is 18.6 Å². The molecule has 14 heavy (non-hydrogen) atoms. The van der Waals surface area contributed by atoms with E-state index < -0.39 is 11.7 Å². The molecule has 0 aliphatic rings. The van der Waals surface area contributed by atoms with Crippen molar-refractivity contribution in [3.63, 3.8) is 0 Å². The zero-order valence-corrected chi connectivity index (χ0v) is 7.24. The highest BCUT2D eigenvalue weighted by atomic mass is 19.4. The van der Waals surface area contributed by atoms with E-state index in [1.165, 1.54) is 13.0 Å². The lowest BCUT2D eigenvalue weighted by Crippen LogP contribution is -2.07. The maximum Gasteiger partial charge on any atom is 0.417 e. The van der Waals surface area contributed by atoms with E-state index in [9.17, 15) is 13.2 Å². The molecule has 2 nitrogen and oxygen atoms in total. The van der Waals surface area contributed by atoms with Crippen molar-refractivity contribution >= 4 is 10.9 Å². The molecule has 0 saturated heterocycles. The van der Waals surface area contributed by atoms with E-state index in [0.29, 0.717) is 5.52 Å². The number of H-pyrrole nitrogens is 1. The summed E-state index contributed by atoms with van der Waals surface area (Å²) in [5.41, 5.74) is -0.130. The van der Waals surface area contributed by atoms with E-state index in [-0.39, 0.29) is 10.9 Å². The van der Waals surface area contributed by atoms with Gasteiger partial charge in [0.15, 0.2) is 0 Å². The average molecular weight is 199 g/mol. The first kappa shape index (κ1) is 9.05. The lowest BCUT2D eigenvalue weighted by molar-refractivity contribution is -0.136. The molecular weight excluding hydrogens is 193 g/mol. The maximum absolute atomic E-state index is 12.6. The number of hydrogen-bond acceptors (Lipinski definition) is 1. The second kappa shape index (κ2) is 2.73. The summed E-state index contributed by atoms with van der Waals surface area (Å²) in [4.78, 5) is 0. The molecule has 0 fully saturated rings. The molecule has 2 aromatic rings. The van der Waals surface area contributed by atoms with Gasteiger partial charge in [0.2, 0.25) is 0 Å². The Kier molecular flexibility index (Phi) is 1.77. The predicted molar refractivity (Wildman–Crippen MR) is 44.7 cm³/mol. The molecule has 2 rings (SSSR count). The summed E-state index contributed by atoms with van der Waals surface area (Å²) in [5.74, 6) is 0. The van der Waals surface area contributed by atoms with E-state index in [1.54, 1.807) is 6.07 Å². The molecule has 5 heteroatoms. The summed E-state index contributed by atoms with van der Waals surface area (Å²) in [5, 5.41) is 5.92. The summed E-state index contributed by atoms with van der Waals surface area (Å²) in [6, 6.07) is 2.97. The molecule has 0 aliphatic heterocycles. The molecule has 0 aliphatic carbocycles. The van der Waals surface area contributed by atoms with Gasteiger partial charge in [-0.15, -0.1) is 0 Å². The van der Waals surface area contributed by atoms with Crippen LogP contribution in [0.3, 0.4) is 0 Å². The number of alkyl halides is 3. The number of aryl methyl sites for hydroxylation is 1. The van der Waals surface area contributed by atoms with E-state index in [0.717, 1.165) is 0 Å². The first-order valence-electron chi connectivity index (χ1n) is 3.92. The largest absolute Gasteiger partial charge is 0.417 e. The van der Waals surface area contributed by atoms with Crippen molar-refractivity contribution in [1.82, 2.24) is 10.2 Å². The number of aromatic amines is 1. The zero-order chi connectivity index (χ0) is 10.3. The SMILES string of the molecule is Cc1ccc2[nH]n[c]c2c1C(F)(F)F. The van der Waals surface area contributed by atoms with Gasteiger partial charge in [0.05, 0.1) is 11.1 Å². The van der Waals surface area contributed by atoms with Crippen molar-refractivity contribution in [1.29, 1.82) is 0 Å². The van der Waals surface area contributed by atoms with Gasteiger partial charge in [-0.2, -0.15) is 18.3 Å². The molecule has 1 aromatic heterocycles. The normalized spacial score (nSPS) is 12.3. The zero-order valence-electron chi connectivity index (χ0n) is 7.24. The van der Waals surface area contributed by atoms with Crippen LogP contribution in [0.25, 0.3) is 10.9 Å². The standard InChI is InChI=1S/C9H6F3N2/c1-5-2-3-7-6(4-13-14-7)8(5)9(10,11)12/h2-3H,1H3,(H,13,14). The number of nitrogens with one attached hydrogen (secondary N) is 1. The van der Waals surface area contributed by atoms with Crippen molar-refractivity contribution in [3.05, 3.63) is 29.5 Å². The quantitative estimate of drug-likeness (QED) is 0.694. The number of halogens is 3. The van der Waals surface area contributed by atoms with Crippen LogP contribution in [0.4, 0.5) is 13.2 Å². The van der Waals surface area contributed by atoms with Gasteiger partial charge in [-0.1, -0.05) is 6.07 Å². The van der Waals surface area contributed by atoms with Gasteiger partial charge >= 0.3 is 6.18 Å². The Morgan fingerprint density at radius 3 is 2.71 bits per heavy atom. The second-order valence-corrected chi connectivity index (χ2v) is 3.01. The first-order valence-corrected chi connectivity index (χ1v) is 3.92. The van der Waals surface area contributed by atoms with Gasteiger partial charge in [-0.25, -0.2) is 0 Å². The number of aromatic nitrogens is 2. The molecule has 0 spiro atoms. The minimum atomic E-state index is -4.36. The van der Waals surface area contributed by atoms with Gasteiger partial charge < -0.3 is 0 Å². The highest BCUT2D eigenvalue weighted by Gasteiger charge is 2.34. The summed E-state index contributed by atoms with van der Waals surface area (Å²) >= 11 is 0. The molecule has 0 amide bonds. The lowest BCUT2D eigenvalue weighted by Gasteiger charge is -2.10. The number of benzene rings is 1. The molecule has 0 atom stereocenters. The fourth-order valence-corrected chi connectivity index (χ4v) is 1.43. The van der Waals surface area contributed by atoms with Gasteiger partial charge in [0, 0.05) is 5.39 Å². The minimum Gasteiger partial charge on any atom is -0.277 e. The third-order valence-corrected chi connectivity index (χ3v) is 2.04. The summed E-state index contributed by atoms with van der Waals surface area (Å²) in [6.45, 7) is 1.42. The van der Waals surface area contributed by atoms with E-state index in [1.807, 2.05) is 0 Å². The molecule has 1 heterocycles. The third kappa shape index (κ3) is 1.25. The smallest absolute Gasteiger partial charge is 0.277 e. The Hall–Kier alpha value is -1.52. The summed E-state index contributed by atoms with van der Waals surface area (Å²) in [7, 11) is 0. The summed E-state index contributed by atoms with van der Waals surface area (Å²) < 4.78 is 37.8. The number of nitrogens with zero attached hydrogens (tertiary/aromatic N) is 1. The van der Waals surface area contributed by atoms with Gasteiger partial charge in [-0.3, -0.25) is 5.10 Å². The molecule has 73 valence electrons. The van der Waals surface area contributed by atoms with Crippen molar-refractivity contribution in [2.24, 2.45) is 0 Å². The van der Waals surface area contributed by atoms with E-state index in [4.69, 9.17) is 0 Å². The highest BCUT2D eigenvalue weighted by molar-refractivity contribution is 5.82. The maximum atomic E-state index is 12.6. The molecule has 1 radical (unpaired) electrons. The Morgan fingerprint density at radius 1 is 1.36 bits per heavy atom. The van der Waals surface area contributed by atoms with Crippen LogP contribution < -0.4 is 0 Å². The van der Waals surface area contributed by atoms with Crippen LogP contribution in [-0.2, 0) is 6.18 Å². The average Bonchev–Trinajstić information content (AvgIpc) is 2.48. The molecular formula is C9H6F3N2. The van der Waals surface area contributed by atoms with Gasteiger partial charge in [0.1, 0.15) is 6.20 Å². The first-order chi connectivity index (χ1) is 6.50. The molecule has 1 aromatic carbocycles.